The van der Waals surface area contributed by atoms with Crippen molar-refractivity contribution in [1.82, 2.24) is 15.0 Å². The van der Waals surface area contributed by atoms with Crippen LogP contribution >= 0.6 is 11.3 Å². The van der Waals surface area contributed by atoms with E-state index in [0.29, 0.717) is 10.9 Å². The Labute approximate surface area is 148 Å². The zero-order valence-corrected chi connectivity index (χ0v) is 14.3. The Morgan fingerprint density at radius 1 is 1.12 bits per heavy atom. The van der Waals surface area contributed by atoms with Crippen LogP contribution in [0.25, 0.3) is 21.1 Å². The molecule has 0 saturated carbocycles. The van der Waals surface area contributed by atoms with E-state index in [-0.39, 0.29) is 12.5 Å². The fourth-order valence-corrected chi connectivity index (χ4v) is 3.54. The molecule has 0 aliphatic carbocycles. The third-order valence-corrected chi connectivity index (χ3v) is 4.68. The van der Waals surface area contributed by atoms with Gasteiger partial charge < -0.3 is 10.6 Å². The van der Waals surface area contributed by atoms with Crippen LogP contribution in [0.1, 0.15) is 5.56 Å². The summed E-state index contributed by atoms with van der Waals surface area (Å²) in [6.45, 7) is 2.14. The second-order valence-corrected chi connectivity index (χ2v) is 6.66. The number of nitrogens with zero attached hydrogens (tertiary/aromatic N) is 3. The number of carbonyl (C=O) groups excluding carboxylic acids is 1. The van der Waals surface area contributed by atoms with Crippen molar-refractivity contribution in [2.45, 2.75) is 6.92 Å². The highest BCUT2D eigenvalue weighted by atomic mass is 32.1. The quantitative estimate of drug-likeness (QED) is 0.588. The van der Waals surface area contributed by atoms with Gasteiger partial charge in [0.2, 0.25) is 5.91 Å². The Balaban J connectivity index is 1.46. The van der Waals surface area contributed by atoms with E-state index in [0.717, 1.165) is 21.1 Å². The molecule has 0 atom stereocenters. The fourth-order valence-electron chi connectivity index (χ4n) is 2.56. The number of anilines is 2. The predicted octanol–water partition coefficient (Wildman–Crippen LogP) is 3.60. The van der Waals surface area contributed by atoms with Gasteiger partial charge in [0.1, 0.15) is 12.1 Å². The Kier molecular flexibility index (Phi) is 3.99. The van der Waals surface area contributed by atoms with Gasteiger partial charge in [-0.1, -0.05) is 29.5 Å². The van der Waals surface area contributed by atoms with Gasteiger partial charge >= 0.3 is 0 Å². The lowest BCUT2D eigenvalue weighted by molar-refractivity contribution is -0.114. The van der Waals surface area contributed by atoms with Gasteiger partial charge in [0.05, 0.1) is 22.3 Å². The van der Waals surface area contributed by atoms with Crippen LogP contribution in [0.3, 0.4) is 0 Å². The van der Waals surface area contributed by atoms with Crippen LogP contribution < -0.4 is 10.6 Å². The average Bonchev–Trinajstić information content (AvgIpc) is 3.01. The van der Waals surface area contributed by atoms with E-state index in [9.17, 15) is 4.79 Å². The fraction of sp³-hybridized carbons (Fsp3) is 0.111. The molecule has 0 radical (unpaired) electrons. The van der Waals surface area contributed by atoms with E-state index in [1.807, 2.05) is 43.3 Å². The average molecular weight is 349 g/mol. The number of fused-ring (bicyclic) bond motifs is 2. The van der Waals surface area contributed by atoms with Crippen LogP contribution in [-0.2, 0) is 4.79 Å². The first-order chi connectivity index (χ1) is 12.2. The molecule has 2 heterocycles. The van der Waals surface area contributed by atoms with Crippen molar-refractivity contribution in [3.05, 3.63) is 54.4 Å². The standard InChI is InChI=1S/C18H15N5OS/c1-11-6-7-14-15(8-11)25-18(22-14)23-16(24)9-19-17-12-4-2-3-5-13(12)20-10-21-17/h2-8,10H,9H2,1H3,(H,19,20,21)(H,22,23,24). The molecule has 0 bridgehead atoms. The smallest absolute Gasteiger partial charge is 0.245 e. The third kappa shape index (κ3) is 3.27. The highest BCUT2D eigenvalue weighted by Gasteiger charge is 2.09. The number of para-hydroxylation sites is 1. The van der Waals surface area contributed by atoms with Crippen LogP contribution in [0.15, 0.2) is 48.8 Å². The molecule has 2 N–H and O–H groups in total. The molecule has 0 saturated heterocycles. The molecule has 25 heavy (non-hydrogen) atoms. The molecular formula is C18H15N5OS. The van der Waals surface area contributed by atoms with Crippen molar-refractivity contribution in [1.29, 1.82) is 0 Å². The topological polar surface area (TPSA) is 79.8 Å². The molecule has 0 spiro atoms. The second-order valence-electron chi connectivity index (χ2n) is 5.63. The van der Waals surface area contributed by atoms with E-state index in [4.69, 9.17) is 0 Å². The number of rotatable bonds is 4. The van der Waals surface area contributed by atoms with Gasteiger partial charge in [-0.25, -0.2) is 15.0 Å². The van der Waals surface area contributed by atoms with E-state index in [1.54, 1.807) is 0 Å². The van der Waals surface area contributed by atoms with Crippen molar-refractivity contribution in [2.75, 3.05) is 17.2 Å². The predicted molar refractivity (Wildman–Crippen MR) is 101 cm³/mol. The van der Waals surface area contributed by atoms with Crippen molar-refractivity contribution in [2.24, 2.45) is 0 Å². The Bertz CT molecular complexity index is 1070. The van der Waals surface area contributed by atoms with Gasteiger partial charge in [-0.15, -0.1) is 0 Å². The molecular weight excluding hydrogens is 334 g/mol. The maximum atomic E-state index is 12.2. The summed E-state index contributed by atoms with van der Waals surface area (Å²) in [7, 11) is 0. The van der Waals surface area contributed by atoms with E-state index in [1.165, 1.54) is 23.2 Å². The maximum absolute atomic E-state index is 12.2. The Morgan fingerprint density at radius 3 is 2.92 bits per heavy atom. The van der Waals surface area contributed by atoms with Gasteiger partial charge in [0, 0.05) is 5.39 Å². The highest BCUT2D eigenvalue weighted by molar-refractivity contribution is 7.22. The number of amides is 1. The van der Waals surface area contributed by atoms with Gasteiger partial charge in [-0.3, -0.25) is 4.79 Å². The van der Waals surface area contributed by atoms with Crippen molar-refractivity contribution >= 4 is 49.3 Å². The first-order valence-corrected chi connectivity index (χ1v) is 8.61. The molecule has 0 aliphatic rings. The molecule has 0 aliphatic heterocycles. The third-order valence-electron chi connectivity index (χ3n) is 3.75. The van der Waals surface area contributed by atoms with Crippen LogP contribution in [0.5, 0.6) is 0 Å². The van der Waals surface area contributed by atoms with E-state index in [2.05, 4.69) is 31.7 Å². The summed E-state index contributed by atoms with van der Waals surface area (Å²) >= 11 is 1.47. The minimum absolute atomic E-state index is 0.107. The van der Waals surface area contributed by atoms with Crippen molar-refractivity contribution in [3.8, 4) is 0 Å². The zero-order valence-electron chi connectivity index (χ0n) is 13.5. The lowest BCUT2D eigenvalue weighted by atomic mass is 10.2. The summed E-state index contributed by atoms with van der Waals surface area (Å²) in [4.78, 5) is 25.1. The summed E-state index contributed by atoms with van der Waals surface area (Å²) in [6.07, 6.45) is 1.48. The van der Waals surface area contributed by atoms with Crippen LogP contribution in [-0.4, -0.2) is 27.4 Å². The monoisotopic (exact) mass is 349 g/mol. The van der Waals surface area contributed by atoms with Crippen LogP contribution in [0.4, 0.5) is 10.9 Å². The number of aryl methyl sites for hydroxylation is 1. The molecule has 6 nitrogen and oxygen atoms in total. The van der Waals surface area contributed by atoms with Crippen molar-refractivity contribution < 1.29 is 4.79 Å². The largest absolute Gasteiger partial charge is 0.360 e. The summed E-state index contributed by atoms with van der Waals surface area (Å²) < 4.78 is 1.06. The first-order valence-electron chi connectivity index (χ1n) is 7.80. The molecule has 1 amide bonds. The number of aromatic nitrogens is 3. The number of hydrogen-bond acceptors (Lipinski definition) is 6. The molecule has 2 aromatic carbocycles. The SMILES string of the molecule is Cc1ccc2nc(NC(=O)CNc3ncnc4ccccc34)sc2c1. The number of carbonyl (C=O) groups is 1. The molecule has 0 fully saturated rings. The molecule has 2 aromatic heterocycles. The molecule has 0 unspecified atom stereocenters. The van der Waals surface area contributed by atoms with Gasteiger partial charge in [-0.05, 0) is 36.8 Å². The first kappa shape index (κ1) is 15.5. The maximum Gasteiger partial charge on any atom is 0.245 e. The molecule has 4 rings (SSSR count). The van der Waals surface area contributed by atoms with E-state index < -0.39 is 0 Å². The number of hydrogen-bond donors (Lipinski definition) is 2. The van der Waals surface area contributed by atoms with Gasteiger partial charge in [0.25, 0.3) is 0 Å². The number of benzene rings is 2. The van der Waals surface area contributed by atoms with Gasteiger partial charge in [-0.2, -0.15) is 0 Å². The number of thiazole rings is 1. The summed E-state index contributed by atoms with van der Waals surface area (Å²) in [5.74, 6) is 0.471. The zero-order chi connectivity index (χ0) is 17.2. The van der Waals surface area contributed by atoms with Crippen molar-refractivity contribution in [3.63, 3.8) is 0 Å². The molecule has 7 heteroatoms. The lowest BCUT2D eigenvalue weighted by Crippen LogP contribution is -2.22. The van der Waals surface area contributed by atoms with E-state index >= 15 is 0 Å². The van der Waals surface area contributed by atoms with Crippen LogP contribution in [0, 0.1) is 6.92 Å². The minimum atomic E-state index is -0.168. The van der Waals surface area contributed by atoms with Gasteiger partial charge in [0.15, 0.2) is 5.13 Å². The van der Waals surface area contributed by atoms with Crippen LogP contribution in [0.2, 0.25) is 0 Å². The summed E-state index contributed by atoms with van der Waals surface area (Å²) in [5.41, 5.74) is 2.90. The molecule has 4 aromatic rings. The summed E-state index contributed by atoms with van der Waals surface area (Å²) in [5, 5.41) is 7.38. The highest BCUT2D eigenvalue weighted by Crippen LogP contribution is 2.26. The normalized spacial score (nSPS) is 10.9. The Morgan fingerprint density at radius 2 is 2.00 bits per heavy atom. The minimum Gasteiger partial charge on any atom is -0.360 e. The number of nitrogens with one attached hydrogen (secondary N) is 2. The molecule has 124 valence electrons. The second kappa shape index (κ2) is 6.45. The lowest BCUT2D eigenvalue weighted by Gasteiger charge is -2.07. The summed E-state index contributed by atoms with van der Waals surface area (Å²) in [6, 6.07) is 13.7. The Hall–Kier alpha value is -3.06.